The van der Waals surface area contributed by atoms with Crippen LogP contribution in [0.15, 0.2) is 42.5 Å². The third kappa shape index (κ3) is 4.82. The van der Waals surface area contributed by atoms with Crippen LogP contribution in [0, 0.1) is 0 Å². The number of halogens is 4. The molecule has 0 bridgehead atoms. The molecule has 9 heteroatoms. The van der Waals surface area contributed by atoms with Crippen LogP contribution in [0.3, 0.4) is 0 Å². The number of nitrogens with zero attached hydrogens (tertiary/aromatic N) is 1. The van der Waals surface area contributed by atoms with Gasteiger partial charge in [-0.2, -0.15) is 13.2 Å². The van der Waals surface area contributed by atoms with Gasteiger partial charge in [-0.1, -0.05) is 23.7 Å². The molecule has 2 N–H and O–H groups in total. The Balaban J connectivity index is 1.69. The van der Waals surface area contributed by atoms with Crippen LogP contribution in [0.2, 0.25) is 5.02 Å². The number of carbonyl (C=O) groups excluding carboxylic acids is 2. The lowest BCUT2D eigenvalue weighted by Gasteiger charge is -2.20. The number of nitrogens with one attached hydrogen (secondary N) is 2. The number of benzene rings is 2. The molecule has 2 amide bonds. The van der Waals surface area contributed by atoms with Crippen LogP contribution in [-0.4, -0.2) is 24.4 Å². The van der Waals surface area contributed by atoms with Crippen LogP contribution < -0.4 is 15.5 Å². The number of hydrogen-bond donors (Lipinski definition) is 2. The molecule has 1 heterocycles. The van der Waals surface area contributed by atoms with E-state index in [1.165, 1.54) is 25.1 Å². The molecule has 0 radical (unpaired) electrons. The highest BCUT2D eigenvalue weighted by atomic mass is 35.5. The van der Waals surface area contributed by atoms with Gasteiger partial charge >= 0.3 is 6.18 Å². The molecule has 1 aliphatic rings. The summed E-state index contributed by atoms with van der Waals surface area (Å²) in [5, 5.41) is 5.56. The molecule has 1 fully saturated rings. The zero-order valence-electron chi connectivity index (χ0n) is 15.5. The van der Waals surface area contributed by atoms with Crippen molar-refractivity contribution in [3.63, 3.8) is 0 Å². The van der Waals surface area contributed by atoms with Crippen LogP contribution in [0.1, 0.15) is 25.3 Å². The first-order valence-corrected chi connectivity index (χ1v) is 9.38. The van der Waals surface area contributed by atoms with E-state index in [2.05, 4.69) is 10.6 Å². The summed E-state index contributed by atoms with van der Waals surface area (Å²) in [6, 6.07) is 8.88. The Labute approximate surface area is 170 Å². The van der Waals surface area contributed by atoms with Crippen molar-refractivity contribution >= 4 is 40.5 Å². The van der Waals surface area contributed by atoms with Gasteiger partial charge in [-0.25, -0.2) is 0 Å². The first-order valence-electron chi connectivity index (χ1n) is 9.00. The Morgan fingerprint density at radius 1 is 1.21 bits per heavy atom. The highest BCUT2D eigenvalue weighted by Crippen LogP contribution is 2.35. The number of hydrogen-bond acceptors (Lipinski definition) is 3. The molecule has 29 heavy (non-hydrogen) atoms. The highest BCUT2D eigenvalue weighted by Gasteiger charge is 2.34. The second kappa shape index (κ2) is 8.32. The summed E-state index contributed by atoms with van der Waals surface area (Å²) in [4.78, 5) is 25.8. The van der Waals surface area contributed by atoms with E-state index < -0.39 is 23.7 Å². The van der Waals surface area contributed by atoms with Crippen molar-refractivity contribution in [1.82, 2.24) is 0 Å². The molecular formula is C20H19ClF3N3O2. The molecule has 0 spiro atoms. The summed E-state index contributed by atoms with van der Waals surface area (Å²) in [6.45, 7) is 2.13. The van der Waals surface area contributed by atoms with E-state index in [9.17, 15) is 22.8 Å². The Kier molecular flexibility index (Phi) is 6.02. The molecule has 2 aromatic carbocycles. The topological polar surface area (TPSA) is 61.4 Å². The van der Waals surface area contributed by atoms with Gasteiger partial charge in [-0.3, -0.25) is 9.59 Å². The molecule has 2 aromatic rings. The summed E-state index contributed by atoms with van der Waals surface area (Å²) in [6.07, 6.45) is -3.32. The van der Waals surface area contributed by atoms with Crippen LogP contribution in [0.5, 0.6) is 0 Å². The number of alkyl halides is 3. The molecule has 5 nitrogen and oxygen atoms in total. The average Bonchev–Trinajstić information content (AvgIpc) is 3.07. The molecule has 0 saturated carbocycles. The summed E-state index contributed by atoms with van der Waals surface area (Å²) >= 11 is 6.28. The summed E-state index contributed by atoms with van der Waals surface area (Å²) in [5.41, 5.74) is -0.115. The smallest absolute Gasteiger partial charge is 0.374 e. The van der Waals surface area contributed by atoms with Crippen molar-refractivity contribution in [3.05, 3.63) is 53.1 Å². The van der Waals surface area contributed by atoms with Gasteiger partial charge in [-0.05, 0) is 43.7 Å². The van der Waals surface area contributed by atoms with Gasteiger partial charge in [0.15, 0.2) is 0 Å². The summed E-state index contributed by atoms with van der Waals surface area (Å²) in [7, 11) is 0. The van der Waals surface area contributed by atoms with Crippen molar-refractivity contribution in [1.29, 1.82) is 0 Å². The van der Waals surface area contributed by atoms with E-state index in [-0.39, 0.29) is 11.6 Å². The minimum Gasteiger partial charge on any atom is -0.374 e. The van der Waals surface area contributed by atoms with Crippen LogP contribution in [0.25, 0.3) is 0 Å². The van der Waals surface area contributed by atoms with Crippen molar-refractivity contribution in [3.8, 4) is 0 Å². The Morgan fingerprint density at radius 3 is 2.55 bits per heavy atom. The van der Waals surface area contributed by atoms with Crippen molar-refractivity contribution in [2.24, 2.45) is 0 Å². The maximum absolute atomic E-state index is 13.1. The van der Waals surface area contributed by atoms with Gasteiger partial charge in [0.25, 0.3) is 0 Å². The van der Waals surface area contributed by atoms with E-state index >= 15 is 0 Å². The first-order chi connectivity index (χ1) is 13.7. The molecule has 1 saturated heterocycles. The number of amides is 2. The van der Waals surface area contributed by atoms with Crippen molar-refractivity contribution in [2.45, 2.75) is 32.0 Å². The van der Waals surface area contributed by atoms with E-state index in [4.69, 9.17) is 11.6 Å². The SMILES string of the molecule is CC(Nc1ccc(N2CCCC2=O)c(Cl)c1)C(=O)Nc1ccccc1C(F)(F)F. The number of rotatable bonds is 5. The van der Waals surface area contributed by atoms with E-state index in [1.807, 2.05) is 0 Å². The predicted octanol–water partition coefficient (Wildman–Crippen LogP) is 4.92. The third-order valence-corrected chi connectivity index (χ3v) is 4.88. The zero-order valence-corrected chi connectivity index (χ0v) is 16.3. The normalized spacial score (nSPS) is 15.3. The van der Waals surface area contributed by atoms with Gasteiger partial charge in [0.1, 0.15) is 6.04 Å². The lowest BCUT2D eigenvalue weighted by molar-refractivity contribution is -0.137. The molecule has 1 aliphatic heterocycles. The van der Waals surface area contributed by atoms with Gasteiger partial charge in [0.2, 0.25) is 11.8 Å². The largest absolute Gasteiger partial charge is 0.418 e. The van der Waals surface area contributed by atoms with Crippen molar-refractivity contribution < 1.29 is 22.8 Å². The lowest BCUT2D eigenvalue weighted by Crippen LogP contribution is -2.32. The highest BCUT2D eigenvalue weighted by molar-refractivity contribution is 6.34. The maximum Gasteiger partial charge on any atom is 0.418 e. The maximum atomic E-state index is 13.1. The van der Waals surface area contributed by atoms with Crippen molar-refractivity contribution in [2.75, 3.05) is 22.1 Å². The van der Waals surface area contributed by atoms with E-state index in [1.54, 1.807) is 23.1 Å². The quantitative estimate of drug-likeness (QED) is 0.714. The molecule has 1 atom stereocenters. The Morgan fingerprint density at radius 2 is 1.93 bits per heavy atom. The number of anilines is 3. The Hall–Kier alpha value is -2.74. The van der Waals surface area contributed by atoms with E-state index in [0.29, 0.717) is 29.4 Å². The molecular weight excluding hydrogens is 407 g/mol. The summed E-state index contributed by atoms with van der Waals surface area (Å²) < 4.78 is 39.2. The predicted molar refractivity (Wildman–Crippen MR) is 106 cm³/mol. The van der Waals surface area contributed by atoms with Crippen LogP contribution in [0.4, 0.5) is 30.2 Å². The standard InChI is InChI=1S/C20H19ClF3N3O2/c1-12(19(29)26-16-6-3-2-5-14(16)20(22,23)24)25-13-8-9-17(15(21)11-13)27-10-4-7-18(27)28/h2-3,5-6,8-9,11-12,25H,4,7,10H2,1H3,(H,26,29). The fraction of sp³-hybridized carbons (Fsp3) is 0.300. The monoisotopic (exact) mass is 425 g/mol. The number of carbonyl (C=O) groups is 2. The summed E-state index contributed by atoms with van der Waals surface area (Å²) in [5.74, 6) is -0.625. The average molecular weight is 426 g/mol. The Bertz CT molecular complexity index is 933. The second-order valence-electron chi connectivity index (χ2n) is 6.71. The molecule has 154 valence electrons. The van der Waals surface area contributed by atoms with Gasteiger partial charge < -0.3 is 15.5 Å². The zero-order chi connectivity index (χ0) is 21.2. The lowest BCUT2D eigenvalue weighted by atomic mass is 10.1. The van der Waals surface area contributed by atoms with Gasteiger partial charge in [0.05, 0.1) is 22.0 Å². The molecule has 0 aromatic heterocycles. The fourth-order valence-electron chi connectivity index (χ4n) is 3.11. The van der Waals surface area contributed by atoms with Gasteiger partial charge in [0, 0.05) is 18.7 Å². The minimum absolute atomic E-state index is 0.00341. The van der Waals surface area contributed by atoms with Crippen LogP contribution >= 0.6 is 11.6 Å². The second-order valence-corrected chi connectivity index (χ2v) is 7.12. The van der Waals surface area contributed by atoms with E-state index in [0.717, 1.165) is 12.5 Å². The molecule has 1 unspecified atom stereocenters. The number of para-hydroxylation sites is 1. The fourth-order valence-corrected chi connectivity index (χ4v) is 3.40. The third-order valence-electron chi connectivity index (χ3n) is 4.58. The molecule has 0 aliphatic carbocycles. The van der Waals surface area contributed by atoms with Gasteiger partial charge in [-0.15, -0.1) is 0 Å². The molecule has 3 rings (SSSR count). The minimum atomic E-state index is -4.57. The first kappa shape index (κ1) is 21.0. The van der Waals surface area contributed by atoms with Crippen LogP contribution in [-0.2, 0) is 15.8 Å².